The van der Waals surface area contributed by atoms with Gasteiger partial charge in [0.1, 0.15) is 11.6 Å². The van der Waals surface area contributed by atoms with Gasteiger partial charge in [-0.25, -0.2) is 4.39 Å². The predicted octanol–water partition coefficient (Wildman–Crippen LogP) is 2.30. The fourth-order valence-electron chi connectivity index (χ4n) is 3.82. The van der Waals surface area contributed by atoms with Crippen LogP contribution in [0.3, 0.4) is 0 Å². The van der Waals surface area contributed by atoms with Crippen LogP contribution in [-0.2, 0) is 4.74 Å². The molecule has 3 N–H and O–H groups in total. The van der Waals surface area contributed by atoms with Crippen molar-refractivity contribution in [2.45, 2.75) is 6.10 Å². The number of nitrogens with one attached hydrogen (secondary N) is 2. The summed E-state index contributed by atoms with van der Waals surface area (Å²) in [5.41, 5.74) is 2.47. The number of benzene rings is 2. The lowest BCUT2D eigenvalue weighted by molar-refractivity contribution is 0.0149. The van der Waals surface area contributed by atoms with E-state index in [9.17, 15) is 14.3 Å². The number of aliphatic hydroxyl groups excluding tert-OH is 1. The SMILES string of the molecule is COc1c(C(=O)NCC(O)CN2CCOCC2)ccc2[nH]nc(C=Cc3ccc(F)cc3)c12. The summed E-state index contributed by atoms with van der Waals surface area (Å²) in [7, 11) is 1.50. The van der Waals surface area contributed by atoms with E-state index in [1.54, 1.807) is 30.3 Å². The van der Waals surface area contributed by atoms with Crippen LogP contribution in [0.1, 0.15) is 21.6 Å². The average Bonchev–Trinajstić information content (AvgIpc) is 3.25. The van der Waals surface area contributed by atoms with Crippen LogP contribution < -0.4 is 10.1 Å². The molecule has 8 nitrogen and oxygen atoms in total. The van der Waals surface area contributed by atoms with Gasteiger partial charge in [0.25, 0.3) is 5.91 Å². The maximum Gasteiger partial charge on any atom is 0.255 e. The Hall–Kier alpha value is -3.27. The quantitative estimate of drug-likeness (QED) is 0.483. The van der Waals surface area contributed by atoms with E-state index in [0.717, 1.165) is 24.2 Å². The molecule has 0 bridgehead atoms. The van der Waals surface area contributed by atoms with Crippen molar-refractivity contribution in [1.29, 1.82) is 0 Å². The molecule has 1 fully saturated rings. The second kappa shape index (κ2) is 10.6. The Morgan fingerprint density at radius 3 is 2.76 bits per heavy atom. The number of methoxy groups -OCH3 is 1. The van der Waals surface area contributed by atoms with Crippen molar-refractivity contribution >= 4 is 29.0 Å². The summed E-state index contributed by atoms with van der Waals surface area (Å²) in [6.07, 6.45) is 2.90. The maximum atomic E-state index is 13.1. The summed E-state index contributed by atoms with van der Waals surface area (Å²) in [6.45, 7) is 3.44. The molecule has 0 aliphatic carbocycles. The average molecular weight is 455 g/mol. The number of halogens is 1. The molecule has 174 valence electrons. The minimum atomic E-state index is -0.690. The molecule has 1 atom stereocenters. The highest BCUT2D eigenvalue weighted by atomic mass is 19.1. The predicted molar refractivity (Wildman–Crippen MR) is 124 cm³/mol. The lowest BCUT2D eigenvalue weighted by Crippen LogP contribution is -2.44. The number of aromatic amines is 1. The van der Waals surface area contributed by atoms with Crippen LogP contribution in [0.15, 0.2) is 36.4 Å². The molecule has 1 unspecified atom stereocenters. The number of rotatable bonds is 8. The van der Waals surface area contributed by atoms with Crippen molar-refractivity contribution in [3.63, 3.8) is 0 Å². The van der Waals surface area contributed by atoms with Crippen molar-refractivity contribution in [3.05, 3.63) is 59.0 Å². The number of aromatic nitrogens is 2. The van der Waals surface area contributed by atoms with Gasteiger partial charge in [0.2, 0.25) is 0 Å². The molecular weight excluding hydrogens is 427 g/mol. The standard InChI is InChI=1S/C24H27FN4O4/c1-32-23-19(24(31)26-14-18(30)15-29-10-12-33-13-11-29)7-9-21-22(23)20(27-28-21)8-4-16-2-5-17(25)6-3-16/h2-9,18,30H,10-15H2,1H3,(H,26,31)(H,27,28). The Kier molecular flexibility index (Phi) is 7.33. The minimum absolute atomic E-state index is 0.125. The number of nitrogens with zero attached hydrogens (tertiary/aromatic N) is 2. The van der Waals surface area contributed by atoms with Crippen LogP contribution in [-0.4, -0.2) is 78.7 Å². The second-order valence-electron chi connectivity index (χ2n) is 7.84. The number of H-pyrrole nitrogens is 1. The van der Waals surface area contributed by atoms with E-state index < -0.39 is 6.10 Å². The zero-order valence-electron chi connectivity index (χ0n) is 18.4. The second-order valence-corrected chi connectivity index (χ2v) is 7.84. The van der Waals surface area contributed by atoms with Crippen molar-refractivity contribution in [2.24, 2.45) is 0 Å². The summed E-state index contributed by atoms with van der Waals surface area (Å²) in [6, 6.07) is 9.53. The number of β-amino-alcohol motifs (C(OH)–C–C–N with tert-alkyl or cyclic N) is 1. The van der Waals surface area contributed by atoms with Gasteiger partial charge >= 0.3 is 0 Å². The Balaban J connectivity index is 1.49. The van der Waals surface area contributed by atoms with Gasteiger partial charge in [-0.1, -0.05) is 18.2 Å². The minimum Gasteiger partial charge on any atom is -0.495 e. The normalized spacial score (nSPS) is 15.7. The summed E-state index contributed by atoms with van der Waals surface area (Å²) >= 11 is 0. The summed E-state index contributed by atoms with van der Waals surface area (Å²) in [4.78, 5) is 15.0. The fraction of sp³-hybridized carbons (Fsp3) is 0.333. The van der Waals surface area contributed by atoms with Crippen molar-refractivity contribution in [3.8, 4) is 5.75 Å². The molecule has 1 aliphatic rings. The van der Waals surface area contributed by atoms with Crippen molar-refractivity contribution < 1.29 is 23.8 Å². The molecule has 2 aromatic carbocycles. The van der Waals surface area contributed by atoms with E-state index in [0.29, 0.717) is 42.2 Å². The van der Waals surface area contributed by atoms with E-state index in [4.69, 9.17) is 9.47 Å². The van der Waals surface area contributed by atoms with Crippen LogP contribution in [0.2, 0.25) is 0 Å². The van der Waals surface area contributed by atoms with E-state index in [-0.39, 0.29) is 18.3 Å². The summed E-state index contributed by atoms with van der Waals surface area (Å²) < 4.78 is 24.0. The first-order valence-corrected chi connectivity index (χ1v) is 10.8. The fourth-order valence-corrected chi connectivity index (χ4v) is 3.82. The number of ether oxygens (including phenoxy) is 2. The molecule has 1 saturated heterocycles. The summed E-state index contributed by atoms with van der Waals surface area (Å²) in [5.74, 6) is -0.255. The largest absolute Gasteiger partial charge is 0.495 e. The number of amides is 1. The molecule has 0 spiro atoms. The summed E-state index contributed by atoms with van der Waals surface area (Å²) in [5, 5.41) is 21.0. The number of carbonyl (C=O) groups is 1. The Morgan fingerprint density at radius 2 is 2.03 bits per heavy atom. The van der Waals surface area contributed by atoms with Gasteiger partial charge in [0.05, 0.1) is 48.6 Å². The first-order valence-electron chi connectivity index (χ1n) is 10.8. The lowest BCUT2D eigenvalue weighted by Gasteiger charge is -2.28. The van der Waals surface area contributed by atoms with Crippen LogP contribution in [0.4, 0.5) is 4.39 Å². The Labute approximate surface area is 191 Å². The van der Waals surface area contributed by atoms with Gasteiger partial charge < -0.3 is 19.9 Å². The smallest absolute Gasteiger partial charge is 0.255 e. The van der Waals surface area contributed by atoms with E-state index in [1.165, 1.54) is 19.2 Å². The molecule has 0 saturated carbocycles. The maximum absolute atomic E-state index is 13.1. The molecule has 0 radical (unpaired) electrons. The van der Waals surface area contributed by atoms with Gasteiger partial charge in [0.15, 0.2) is 0 Å². The van der Waals surface area contributed by atoms with Crippen molar-refractivity contribution in [2.75, 3.05) is 46.5 Å². The molecule has 1 amide bonds. The number of fused-ring (bicyclic) bond motifs is 1. The molecule has 2 heterocycles. The highest BCUT2D eigenvalue weighted by Gasteiger charge is 2.20. The first-order chi connectivity index (χ1) is 16.0. The highest BCUT2D eigenvalue weighted by Crippen LogP contribution is 2.32. The number of hydrogen-bond acceptors (Lipinski definition) is 6. The zero-order valence-corrected chi connectivity index (χ0v) is 18.4. The van der Waals surface area contributed by atoms with Gasteiger partial charge in [-0.3, -0.25) is 14.8 Å². The zero-order chi connectivity index (χ0) is 23.2. The van der Waals surface area contributed by atoms with Crippen LogP contribution in [0, 0.1) is 5.82 Å². The van der Waals surface area contributed by atoms with Gasteiger partial charge in [0, 0.05) is 26.2 Å². The third-order valence-corrected chi connectivity index (χ3v) is 5.53. The molecule has 33 heavy (non-hydrogen) atoms. The highest BCUT2D eigenvalue weighted by molar-refractivity contribution is 6.05. The van der Waals surface area contributed by atoms with Crippen LogP contribution in [0.25, 0.3) is 23.1 Å². The van der Waals surface area contributed by atoms with E-state index >= 15 is 0 Å². The third-order valence-electron chi connectivity index (χ3n) is 5.53. The number of morpholine rings is 1. The van der Waals surface area contributed by atoms with E-state index in [2.05, 4.69) is 20.4 Å². The molecule has 9 heteroatoms. The lowest BCUT2D eigenvalue weighted by atomic mass is 10.1. The van der Waals surface area contributed by atoms with Crippen molar-refractivity contribution in [1.82, 2.24) is 20.4 Å². The Bertz CT molecular complexity index is 1120. The molecule has 1 aromatic heterocycles. The molecular formula is C24H27FN4O4. The topological polar surface area (TPSA) is 99.7 Å². The third kappa shape index (κ3) is 5.57. The number of hydrogen-bond donors (Lipinski definition) is 3. The first kappa shape index (κ1) is 22.9. The van der Waals surface area contributed by atoms with E-state index in [1.807, 2.05) is 6.08 Å². The Morgan fingerprint density at radius 1 is 1.27 bits per heavy atom. The van der Waals surface area contributed by atoms with Gasteiger partial charge in [-0.15, -0.1) is 0 Å². The monoisotopic (exact) mass is 454 g/mol. The number of carbonyl (C=O) groups excluding carboxylic acids is 1. The van der Waals surface area contributed by atoms with Gasteiger partial charge in [-0.2, -0.15) is 5.10 Å². The van der Waals surface area contributed by atoms with Crippen LogP contribution >= 0.6 is 0 Å². The number of aliphatic hydroxyl groups is 1. The van der Waals surface area contributed by atoms with Crippen LogP contribution in [0.5, 0.6) is 5.75 Å². The molecule has 3 aromatic rings. The molecule has 4 rings (SSSR count). The van der Waals surface area contributed by atoms with Gasteiger partial charge in [-0.05, 0) is 35.9 Å². The molecule has 1 aliphatic heterocycles.